The molecule has 1 unspecified atom stereocenters. The maximum Gasteiger partial charge on any atom is 0.173 e. The van der Waals surface area contributed by atoms with Gasteiger partial charge in [-0.15, -0.1) is 0 Å². The molecule has 0 aromatic heterocycles. The highest BCUT2D eigenvalue weighted by atomic mass is 79.9. The van der Waals surface area contributed by atoms with Crippen LogP contribution in [0.25, 0.3) is 0 Å². The van der Waals surface area contributed by atoms with Crippen LogP contribution in [0, 0.1) is 11.6 Å². The molecule has 0 saturated carbocycles. The second-order valence-electron chi connectivity index (χ2n) is 2.55. The third kappa shape index (κ3) is 1.64. The molecular weight excluding hydrogens is 228 g/mol. The fourth-order valence-electron chi connectivity index (χ4n) is 0.893. The topological polar surface area (TPSA) is 26.0 Å². The van der Waals surface area contributed by atoms with E-state index in [9.17, 15) is 8.78 Å². The van der Waals surface area contributed by atoms with Gasteiger partial charge in [-0.25, -0.2) is 8.78 Å². The number of halogens is 3. The van der Waals surface area contributed by atoms with Gasteiger partial charge in [0, 0.05) is 6.04 Å². The summed E-state index contributed by atoms with van der Waals surface area (Å²) in [5.74, 6) is -1.75. The van der Waals surface area contributed by atoms with E-state index in [1.54, 1.807) is 6.92 Å². The maximum absolute atomic E-state index is 12.9. The molecule has 0 spiro atoms. The molecular formula is C8H8BrF2N. The predicted molar refractivity (Wildman–Crippen MR) is 46.7 cm³/mol. The van der Waals surface area contributed by atoms with Crippen molar-refractivity contribution in [3.63, 3.8) is 0 Å². The number of hydrogen-bond acceptors (Lipinski definition) is 1. The zero-order valence-corrected chi connectivity index (χ0v) is 8.03. The Morgan fingerprint density at radius 2 is 2.00 bits per heavy atom. The lowest BCUT2D eigenvalue weighted by molar-refractivity contribution is 0.501. The molecule has 0 aliphatic carbocycles. The van der Waals surface area contributed by atoms with Crippen LogP contribution >= 0.6 is 15.9 Å². The van der Waals surface area contributed by atoms with Crippen molar-refractivity contribution in [3.8, 4) is 0 Å². The Kier molecular flexibility index (Phi) is 2.80. The van der Waals surface area contributed by atoms with E-state index >= 15 is 0 Å². The zero-order chi connectivity index (χ0) is 9.30. The summed E-state index contributed by atoms with van der Waals surface area (Å²) in [6.45, 7) is 1.71. The lowest BCUT2D eigenvalue weighted by Crippen LogP contribution is -2.07. The lowest BCUT2D eigenvalue weighted by Gasteiger charge is -2.08. The van der Waals surface area contributed by atoms with Crippen molar-refractivity contribution in [2.45, 2.75) is 13.0 Å². The highest BCUT2D eigenvalue weighted by Crippen LogP contribution is 2.26. The summed E-state index contributed by atoms with van der Waals surface area (Å²) in [6.07, 6.45) is 0. The molecule has 2 N–H and O–H groups in total. The van der Waals surface area contributed by atoms with Gasteiger partial charge in [0.15, 0.2) is 11.6 Å². The van der Waals surface area contributed by atoms with E-state index < -0.39 is 11.6 Å². The Balaban J connectivity index is 3.27. The number of rotatable bonds is 1. The quantitative estimate of drug-likeness (QED) is 0.745. The summed E-state index contributed by atoms with van der Waals surface area (Å²) in [6, 6.07) is 2.22. The molecule has 12 heavy (non-hydrogen) atoms. The van der Waals surface area contributed by atoms with Crippen LogP contribution in [-0.2, 0) is 0 Å². The largest absolute Gasteiger partial charge is 0.324 e. The first kappa shape index (κ1) is 9.61. The first-order valence-electron chi connectivity index (χ1n) is 3.43. The van der Waals surface area contributed by atoms with Gasteiger partial charge in [-0.1, -0.05) is 6.07 Å². The van der Waals surface area contributed by atoms with Crippen molar-refractivity contribution >= 4 is 15.9 Å². The van der Waals surface area contributed by atoms with Crippen LogP contribution in [0.15, 0.2) is 16.6 Å². The van der Waals surface area contributed by atoms with Gasteiger partial charge < -0.3 is 5.73 Å². The van der Waals surface area contributed by atoms with Crippen molar-refractivity contribution in [1.29, 1.82) is 0 Å². The zero-order valence-electron chi connectivity index (χ0n) is 6.44. The monoisotopic (exact) mass is 235 g/mol. The molecule has 0 radical (unpaired) electrons. The van der Waals surface area contributed by atoms with Gasteiger partial charge in [0.1, 0.15) is 0 Å². The molecule has 1 rings (SSSR count). The molecule has 0 fully saturated rings. The lowest BCUT2D eigenvalue weighted by atomic mass is 10.1. The van der Waals surface area contributed by atoms with Gasteiger partial charge in [0.25, 0.3) is 0 Å². The van der Waals surface area contributed by atoms with E-state index in [4.69, 9.17) is 5.73 Å². The van der Waals surface area contributed by atoms with Crippen molar-refractivity contribution in [2.75, 3.05) is 0 Å². The van der Waals surface area contributed by atoms with Crippen LogP contribution in [-0.4, -0.2) is 0 Å². The minimum atomic E-state index is -0.884. The van der Waals surface area contributed by atoms with E-state index in [1.807, 2.05) is 0 Å². The normalized spacial score (nSPS) is 13.1. The average molecular weight is 236 g/mol. The Morgan fingerprint density at radius 3 is 2.50 bits per heavy atom. The molecule has 66 valence electrons. The highest BCUT2D eigenvalue weighted by molar-refractivity contribution is 9.10. The Morgan fingerprint density at radius 1 is 1.42 bits per heavy atom. The molecule has 0 aliphatic heterocycles. The fraction of sp³-hybridized carbons (Fsp3) is 0.250. The second kappa shape index (κ2) is 3.49. The smallest absolute Gasteiger partial charge is 0.173 e. The number of nitrogens with two attached hydrogens (primary N) is 1. The van der Waals surface area contributed by atoms with E-state index in [2.05, 4.69) is 15.9 Å². The third-order valence-corrected chi connectivity index (χ3v) is 2.36. The van der Waals surface area contributed by atoms with Crippen LogP contribution in [0.3, 0.4) is 0 Å². The standard InChI is InChI=1S/C8H8BrF2N/c1-4(12)5-2-3-6(10)8(11)7(5)9/h2-4H,12H2,1H3. The average Bonchev–Trinajstić information content (AvgIpc) is 2.00. The van der Waals surface area contributed by atoms with Gasteiger partial charge in [-0.2, -0.15) is 0 Å². The van der Waals surface area contributed by atoms with Gasteiger partial charge >= 0.3 is 0 Å². The second-order valence-corrected chi connectivity index (χ2v) is 3.35. The summed E-state index contributed by atoms with van der Waals surface area (Å²) in [4.78, 5) is 0. The van der Waals surface area contributed by atoms with Crippen LogP contribution in [0.5, 0.6) is 0 Å². The van der Waals surface area contributed by atoms with Crippen molar-refractivity contribution < 1.29 is 8.78 Å². The van der Waals surface area contributed by atoms with E-state index in [0.717, 1.165) is 6.07 Å². The van der Waals surface area contributed by atoms with Gasteiger partial charge in [0.05, 0.1) is 4.47 Å². The van der Waals surface area contributed by atoms with E-state index in [0.29, 0.717) is 5.56 Å². The van der Waals surface area contributed by atoms with Gasteiger partial charge in [-0.05, 0) is 34.5 Å². The molecule has 1 nitrogen and oxygen atoms in total. The summed E-state index contributed by atoms with van der Waals surface area (Å²) < 4.78 is 25.6. The Bertz CT molecular complexity index is 299. The predicted octanol–water partition coefficient (Wildman–Crippen LogP) is 2.75. The molecule has 0 aliphatic rings. The molecule has 4 heteroatoms. The van der Waals surface area contributed by atoms with Crippen molar-refractivity contribution in [1.82, 2.24) is 0 Å². The maximum atomic E-state index is 12.9. The number of hydrogen-bond donors (Lipinski definition) is 1. The summed E-state index contributed by atoms with van der Waals surface area (Å²) in [7, 11) is 0. The van der Waals surface area contributed by atoms with Crippen molar-refractivity contribution in [3.05, 3.63) is 33.8 Å². The SMILES string of the molecule is CC(N)c1ccc(F)c(F)c1Br. The van der Waals surface area contributed by atoms with E-state index in [1.165, 1.54) is 6.07 Å². The van der Waals surface area contributed by atoms with Crippen LogP contribution < -0.4 is 5.73 Å². The molecule has 0 amide bonds. The molecule has 0 heterocycles. The van der Waals surface area contributed by atoms with Crippen molar-refractivity contribution in [2.24, 2.45) is 5.73 Å². The Labute approximate surface area is 77.7 Å². The van der Waals surface area contributed by atoms with Gasteiger partial charge in [-0.3, -0.25) is 0 Å². The fourth-order valence-corrected chi connectivity index (χ4v) is 1.58. The molecule has 0 saturated heterocycles. The molecule has 1 aromatic rings. The van der Waals surface area contributed by atoms with Crippen LogP contribution in [0.4, 0.5) is 8.78 Å². The summed E-state index contributed by atoms with van der Waals surface area (Å²) in [5.41, 5.74) is 6.08. The van der Waals surface area contributed by atoms with Crippen LogP contribution in [0.2, 0.25) is 0 Å². The van der Waals surface area contributed by atoms with Crippen LogP contribution in [0.1, 0.15) is 18.5 Å². The molecule has 1 aromatic carbocycles. The first-order chi connectivity index (χ1) is 5.54. The molecule has 0 bridgehead atoms. The third-order valence-electron chi connectivity index (χ3n) is 1.56. The highest BCUT2D eigenvalue weighted by Gasteiger charge is 2.12. The van der Waals surface area contributed by atoms with E-state index in [-0.39, 0.29) is 10.5 Å². The minimum absolute atomic E-state index is 0.109. The molecule has 1 atom stereocenters. The Hall–Kier alpha value is -0.480. The first-order valence-corrected chi connectivity index (χ1v) is 4.22. The minimum Gasteiger partial charge on any atom is -0.324 e. The van der Waals surface area contributed by atoms with Gasteiger partial charge in [0.2, 0.25) is 0 Å². The number of benzene rings is 1. The summed E-state index contributed by atoms with van der Waals surface area (Å²) >= 11 is 2.94. The summed E-state index contributed by atoms with van der Waals surface area (Å²) in [5, 5.41) is 0.